The Morgan fingerprint density at radius 3 is 2.08 bits per heavy atom. The van der Waals surface area contributed by atoms with Gasteiger partial charge in [0.1, 0.15) is 5.15 Å². The van der Waals surface area contributed by atoms with Gasteiger partial charge < -0.3 is 0 Å². The predicted molar refractivity (Wildman–Crippen MR) is 58.0 cm³/mol. The normalized spacial score (nSPS) is 11.8. The Hall–Kier alpha value is 0.0200. The fraction of sp³-hybridized carbons (Fsp3) is 0.444. The zero-order valence-electron chi connectivity index (χ0n) is 7.66. The van der Waals surface area contributed by atoms with E-state index in [9.17, 15) is 0 Å². The van der Waals surface area contributed by atoms with Crippen molar-refractivity contribution in [2.75, 3.05) is 0 Å². The molecule has 1 nitrogen and oxygen atoms in total. The van der Waals surface area contributed by atoms with Gasteiger partial charge in [-0.25, -0.2) is 4.98 Å². The maximum absolute atomic E-state index is 6.00. The second-order valence-electron chi connectivity index (χ2n) is 3.84. The number of halogens is 3. The number of aromatic nitrogens is 1. The van der Waals surface area contributed by atoms with Crippen LogP contribution in [0.15, 0.2) is 6.20 Å². The zero-order valence-corrected chi connectivity index (χ0v) is 9.93. The SMILES string of the molecule is CC(C)(C)c1c(Cl)cnc(Cl)c1Cl. The molecule has 0 N–H and O–H groups in total. The second-order valence-corrected chi connectivity index (χ2v) is 4.98. The fourth-order valence-electron chi connectivity index (χ4n) is 1.13. The maximum Gasteiger partial charge on any atom is 0.147 e. The van der Waals surface area contributed by atoms with Crippen LogP contribution in [-0.4, -0.2) is 4.98 Å². The monoisotopic (exact) mass is 237 g/mol. The highest BCUT2D eigenvalue weighted by Crippen LogP contribution is 2.37. The Labute approximate surface area is 93.0 Å². The highest BCUT2D eigenvalue weighted by Gasteiger charge is 2.22. The first-order valence-electron chi connectivity index (χ1n) is 3.84. The molecule has 0 aliphatic heterocycles. The molecule has 1 rings (SSSR count). The molecule has 0 saturated carbocycles. The van der Waals surface area contributed by atoms with E-state index < -0.39 is 0 Å². The molecule has 0 radical (unpaired) electrons. The van der Waals surface area contributed by atoms with Crippen LogP contribution in [0.2, 0.25) is 15.2 Å². The van der Waals surface area contributed by atoms with Crippen LogP contribution in [0.1, 0.15) is 26.3 Å². The van der Waals surface area contributed by atoms with E-state index in [1.54, 1.807) is 0 Å². The summed E-state index contributed by atoms with van der Waals surface area (Å²) in [7, 11) is 0. The van der Waals surface area contributed by atoms with Gasteiger partial charge in [-0.15, -0.1) is 0 Å². The summed E-state index contributed by atoms with van der Waals surface area (Å²) in [5, 5.41) is 1.31. The molecule has 4 heteroatoms. The Bertz CT molecular complexity index is 328. The molecule has 0 amide bonds. The van der Waals surface area contributed by atoms with Crippen LogP contribution in [0.5, 0.6) is 0 Å². The molecule has 13 heavy (non-hydrogen) atoms. The van der Waals surface area contributed by atoms with Crippen molar-refractivity contribution in [1.82, 2.24) is 4.98 Å². The first-order valence-corrected chi connectivity index (χ1v) is 4.97. The number of hydrogen-bond acceptors (Lipinski definition) is 1. The van der Waals surface area contributed by atoms with Gasteiger partial charge in [-0.05, 0) is 11.0 Å². The Balaban J connectivity index is 3.43. The number of pyridine rings is 1. The molecule has 0 aromatic carbocycles. The van der Waals surface area contributed by atoms with Gasteiger partial charge in [-0.2, -0.15) is 0 Å². The summed E-state index contributed by atoms with van der Waals surface area (Å²) >= 11 is 17.8. The summed E-state index contributed by atoms with van der Waals surface area (Å²) in [6.07, 6.45) is 1.52. The number of rotatable bonds is 0. The van der Waals surface area contributed by atoms with Crippen molar-refractivity contribution in [2.45, 2.75) is 26.2 Å². The number of hydrogen-bond donors (Lipinski definition) is 0. The van der Waals surface area contributed by atoms with E-state index >= 15 is 0 Å². The maximum atomic E-state index is 6.00. The molecule has 0 aliphatic carbocycles. The average Bonchev–Trinajstić information content (AvgIpc) is 1.95. The first kappa shape index (κ1) is 11.1. The van der Waals surface area contributed by atoms with Crippen molar-refractivity contribution in [3.8, 4) is 0 Å². The summed E-state index contributed by atoms with van der Waals surface area (Å²) < 4.78 is 0. The Kier molecular flexibility index (Phi) is 3.11. The van der Waals surface area contributed by atoms with Crippen molar-refractivity contribution >= 4 is 34.8 Å². The van der Waals surface area contributed by atoms with E-state index in [0.717, 1.165) is 5.56 Å². The second kappa shape index (κ2) is 3.64. The molecular weight excluding hydrogens is 228 g/mol. The van der Waals surface area contributed by atoms with Crippen molar-refractivity contribution in [3.63, 3.8) is 0 Å². The third-order valence-corrected chi connectivity index (χ3v) is 2.72. The lowest BCUT2D eigenvalue weighted by atomic mass is 9.88. The lowest BCUT2D eigenvalue weighted by Crippen LogP contribution is -2.13. The molecule has 1 aromatic heterocycles. The minimum absolute atomic E-state index is 0.124. The molecule has 0 spiro atoms. The average molecular weight is 239 g/mol. The van der Waals surface area contributed by atoms with Gasteiger partial charge in [-0.3, -0.25) is 0 Å². The molecule has 1 heterocycles. The van der Waals surface area contributed by atoms with E-state index in [2.05, 4.69) is 4.98 Å². The molecule has 0 aliphatic rings. The highest BCUT2D eigenvalue weighted by atomic mass is 35.5. The molecular formula is C9H10Cl3N. The lowest BCUT2D eigenvalue weighted by molar-refractivity contribution is 0.590. The minimum atomic E-state index is -0.124. The van der Waals surface area contributed by atoms with Gasteiger partial charge in [0.25, 0.3) is 0 Å². The van der Waals surface area contributed by atoms with Gasteiger partial charge in [0.2, 0.25) is 0 Å². The number of nitrogens with zero attached hydrogens (tertiary/aromatic N) is 1. The van der Waals surface area contributed by atoms with Crippen LogP contribution < -0.4 is 0 Å². The van der Waals surface area contributed by atoms with E-state index in [0.29, 0.717) is 15.2 Å². The molecule has 1 aromatic rings. The van der Waals surface area contributed by atoms with Gasteiger partial charge in [0.15, 0.2) is 0 Å². The van der Waals surface area contributed by atoms with E-state index in [1.165, 1.54) is 6.20 Å². The highest BCUT2D eigenvalue weighted by molar-refractivity contribution is 6.43. The largest absolute Gasteiger partial charge is 0.241 e. The summed E-state index contributed by atoms with van der Waals surface area (Å²) in [6.45, 7) is 6.07. The smallest absolute Gasteiger partial charge is 0.147 e. The Morgan fingerprint density at radius 1 is 1.15 bits per heavy atom. The van der Waals surface area contributed by atoms with E-state index in [1.807, 2.05) is 20.8 Å². The molecule has 0 unspecified atom stereocenters. The minimum Gasteiger partial charge on any atom is -0.241 e. The van der Waals surface area contributed by atoms with Crippen molar-refractivity contribution in [1.29, 1.82) is 0 Å². The summed E-state index contributed by atoms with van der Waals surface area (Å²) in [5.41, 5.74) is 0.719. The summed E-state index contributed by atoms with van der Waals surface area (Å²) in [4.78, 5) is 3.85. The van der Waals surface area contributed by atoms with Gasteiger partial charge >= 0.3 is 0 Å². The molecule has 0 fully saturated rings. The van der Waals surface area contributed by atoms with Gasteiger partial charge in [-0.1, -0.05) is 55.6 Å². The molecule has 72 valence electrons. The van der Waals surface area contributed by atoms with Crippen LogP contribution in [0.4, 0.5) is 0 Å². The Morgan fingerprint density at radius 2 is 1.69 bits per heavy atom. The third-order valence-electron chi connectivity index (χ3n) is 1.68. The topological polar surface area (TPSA) is 12.9 Å². The van der Waals surface area contributed by atoms with Gasteiger partial charge in [0.05, 0.1) is 10.0 Å². The van der Waals surface area contributed by atoms with E-state index in [4.69, 9.17) is 34.8 Å². The molecule has 0 saturated heterocycles. The summed E-state index contributed by atoms with van der Waals surface area (Å²) in [6, 6.07) is 0. The standard InChI is InChI=1S/C9H10Cl3N/c1-9(2,3)6-5(10)4-13-8(12)7(6)11/h4H,1-3H3. The van der Waals surface area contributed by atoms with Crippen LogP contribution >= 0.6 is 34.8 Å². The van der Waals surface area contributed by atoms with Crippen LogP contribution in [0.25, 0.3) is 0 Å². The van der Waals surface area contributed by atoms with Crippen LogP contribution in [-0.2, 0) is 5.41 Å². The third kappa shape index (κ3) is 2.28. The fourth-order valence-corrected chi connectivity index (χ4v) is 2.18. The van der Waals surface area contributed by atoms with E-state index in [-0.39, 0.29) is 5.41 Å². The first-order chi connectivity index (χ1) is 5.84. The van der Waals surface area contributed by atoms with Crippen LogP contribution in [0.3, 0.4) is 0 Å². The zero-order chi connectivity index (χ0) is 10.2. The quantitative estimate of drug-likeness (QED) is 0.613. The van der Waals surface area contributed by atoms with Crippen molar-refractivity contribution in [2.24, 2.45) is 0 Å². The summed E-state index contributed by atoms with van der Waals surface area (Å²) in [5.74, 6) is 0. The molecule has 0 bridgehead atoms. The van der Waals surface area contributed by atoms with Crippen LogP contribution in [0, 0.1) is 0 Å². The van der Waals surface area contributed by atoms with Crippen molar-refractivity contribution in [3.05, 3.63) is 27.0 Å². The van der Waals surface area contributed by atoms with Crippen molar-refractivity contribution < 1.29 is 0 Å². The van der Waals surface area contributed by atoms with Gasteiger partial charge in [0, 0.05) is 6.20 Å². The molecule has 0 atom stereocenters. The lowest BCUT2D eigenvalue weighted by Gasteiger charge is -2.21. The predicted octanol–water partition coefficient (Wildman–Crippen LogP) is 4.34.